The molecule has 1 aromatic heterocycles. The second-order valence-corrected chi connectivity index (χ2v) is 3.65. The maximum absolute atomic E-state index is 11.4. The van der Waals surface area contributed by atoms with Gasteiger partial charge in [0, 0.05) is 0 Å². The third-order valence-electron chi connectivity index (χ3n) is 1.66. The molecule has 3 nitrogen and oxygen atoms in total. The van der Waals surface area contributed by atoms with Crippen LogP contribution in [-0.4, -0.2) is 17.6 Å². The first-order valence-corrected chi connectivity index (χ1v) is 5.33. The fourth-order valence-electron chi connectivity index (χ4n) is 0.905. The Balaban J connectivity index is 2.52. The molecule has 0 fully saturated rings. The van der Waals surface area contributed by atoms with E-state index in [2.05, 4.69) is 20.9 Å². The molecule has 0 spiro atoms. The van der Waals surface area contributed by atoms with Gasteiger partial charge in [-0.2, -0.15) is 0 Å². The van der Waals surface area contributed by atoms with Crippen LogP contribution in [0.1, 0.15) is 30.3 Å². The predicted molar refractivity (Wildman–Crippen MR) is 57.1 cm³/mol. The molecule has 0 aliphatic heterocycles. The average molecular weight is 258 g/mol. The summed E-state index contributed by atoms with van der Waals surface area (Å²) in [5.41, 5.74) is 0.343. The summed E-state index contributed by atoms with van der Waals surface area (Å²) in [5, 5.41) is 0. The van der Waals surface area contributed by atoms with Crippen molar-refractivity contribution in [2.24, 2.45) is 0 Å². The molecule has 1 aromatic rings. The molecule has 0 atom stereocenters. The summed E-state index contributed by atoms with van der Waals surface area (Å²) in [6.07, 6.45) is 1.90. The summed E-state index contributed by atoms with van der Waals surface area (Å²) in [5.74, 6) is -0.361. The summed E-state index contributed by atoms with van der Waals surface area (Å²) in [4.78, 5) is 15.4. The van der Waals surface area contributed by atoms with Gasteiger partial charge in [-0.05, 0) is 34.5 Å². The van der Waals surface area contributed by atoms with Crippen molar-refractivity contribution in [3.63, 3.8) is 0 Å². The number of carbonyl (C=O) groups excluding carboxylic acids is 1. The quantitative estimate of drug-likeness (QED) is 0.473. The monoisotopic (exact) mass is 257 g/mol. The molecule has 0 saturated heterocycles. The number of pyridine rings is 1. The van der Waals surface area contributed by atoms with Gasteiger partial charge in [0.15, 0.2) is 0 Å². The number of ether oxygens (including phenoxy) is 1. The summed E-state index contributed by atoms with van der Waals surface area (Å²) < 4.78 is 5.64. The van der Waals surface area contributed by atoms with E-state index in [0.29, 0.717) is 16.9 Å². The van der Waals surface area contributed by atoms with Gasteiger partial charge in [-0.15, -0.1) is 0 Å². The molecule has 0 radical (unpaired) electrons. The molecule has 0 bridgehead atoms. The van der Waals surface area contributed by atoms with Crippen molar-refractivity contribution in [1.29, 1.82) is 0 Å². The van der Waals surface area contributed by atoms with Crippen LogP contribution in [-0.2, 0) is 4.74 Å². The van der Waals surface area contributed by atoms with Crippen molar-refractivity contribution >= 4 is 21.9 Å². The van der Waals surface area contributed by atoms with Gasteiger partial charge in [0.05, 0.1) is 6.61 Å². The molecular weight excluding hydrogens is 246 g/mol. The van der Waals surface area contributed by atoms with Crippen LogP contribution in [0.15, 0.2) is 22.8 Å². The lowest BCUT2D eigenvalue weighted by Crippen LogP contribution is -2.08. The van der Waals surface area contributed by atoms with Crippen LogP contribution < -0.4 is 0 Å². The van der Waals surface area contributed by atoms with Crippen molar-refractivity contribution in [2.45, 2.75) is 19.8 Å². The molecule has 1 rings (SSSR count). The molecule has 14 heavy (non-hydrogen) atoms. The Morgan fingerprint density at radius 2 is 2.36 bits per heavy atom. The van der Waals surface area contributed by atoms with Gasteiger partial charge >= 0.3 is 5.97 Å². The van der Waals surface area contributed by atoms with E-state index in [9.17, 15) is 4.79 Å². The van der Waals surface area contributed by atoms with Crippen molar-refractivity contribution < 1.29 is 9.53 Å². The Bertz CT molecular complexity index is 315. The van der Waals surface area contributed by atoms with Gasteiger partial charge in [0.1, 0.15) is 10.3 Å². The lowest BCUT2D eigenvalue weighted by molar-refractivity contribution is 0.0492. The smallest absolute Gasteiger partial charge is 0.356 e. The normalized spacial score (nSPS) is 9.86. The minimum absolute atomic E-state index is 0.343. The van der Waals surface area contributed by atoms with E-state index >= 15 is 0 Å². The summed E-state index contributed by atoms with van der Waals surface area (Å²) in [6.45, 7) is 2.51. The second kappa shape index (κ2) is 5.75. The van der Waals surface area contributed by atoms with Crippen molar-refractivity contribution in [2.75, 3.05) is 6.61 Å². The SMILES string of the molecule is CCCCOC(=O)c1cccc(Br)n1. The fraction of sp³-hybridized carbons (Fsp3) is 0.400. The number of aromatic nitrogens is 1. The van der Waals surface area contributed by atoms with Gasteiger partial charge in [0.25, 0.3) is 0 Å². The van der Waals surface area contributed by atoms with E-state index < -0.39 is 0 Å². The minimum atomic E-state index is -0.361. The van der Waals surface area contributed by atoms with Gasteiger partial charge in [-0.1, -0.05) is 19.4 Å². The highest BCUT2D eigenvalue weighted by Crippen LogP contribution is 2.07. The molecule has 0 aromatic carbocycles. The third kappa shape index (κ3) is 3.46. The number of rotatable bonds is 4. The summed E-state index contributed by atoms with van der Waals surface area (Å²) >= 11 is 3.19. The van der Waals surface area contributed by atoms with E-state index in [-0.39, 0.29) is 5.97 Å². The maximum Gasteiger partial charge on any atom is 0.356 e. The van der Waals surface area contributed by atoms with E-state index in [1.165, 1.54) is 0 Å². The van der Waals surface area contributed by atoms with Crippen LogP contribution in [0.4, 0.5) is 0 Å². The van der Waals surface area contributed by atoms with Crippen LogP contribution in [0.25, 0.3) is 0 Å². The topological polar surface area (TPSA) is 39.2 Å². The predicted octanol–water partition coefficient (Wildman–Crippen LogP) is 2.80. The zero-order valence-electron chi connectivity index (χ0n) is 8.00. The largest absolute Gasteiger partial charge is 0.461 e. The standard InChI is InChI=1S/C10H12BrNO2/c1-2-3-7-14-10(13)8-5-4-6-9(11)12-8/h4-6H,2-3,7H2,1H3. The molecule has 0 aliphatic carbocycles. The van der Waals surface area contributed by atoms with Gasteiger partial charge < -0.3 is 4.74 Å². The van der Waals surface area contributed by atoms with E-state index in [1.54, 1.807) is 18.2 Å². The summed E-state index contributed by atoms with van der Waals surface area (Å²) in [7, 11) is 0. The number of hydrogen-bond donors (Lipinski definition) is 0. The lowest BCUT2D eigenvalue weighted by atomic mass is 10.3. The van der Waals surface area contributed by atoms with E-state index in [0.717, 1.165) is 12.8 Å². The van der Waals surface area contributed by atoms with Gasteiger partial charge in [-0.3, -0.25) is 0 Å². The van der Waals surface area contributed by atoms with Gasteiger partial charge in [0.2, 0.25) is 0 Å². The number of carbonyl (C=O) groups is 1. The number of esters is 1. The molecule has 0 aliphatic rings. The Morgan fingerprint density at radius 3 is 3.00 bits per heavy atom. The molecule has 0 saturated carbocycles. The Hall–Kier alpha value is -0.900. The third-order valence-corrected chi connectivity index (χ3v) is 2.10. The zero-order chi connectivity index (χ0) is 10.4. The molecule has 76 valence electrons. The van der Waals surface area contributed by atoms with E-state index in [1.807, 2.05) is 6.92 Å². The molecule has 4 heteroatoms. The van der Waals surface area contributed by atoms with Crippen molar-refractivity contribution in [3.05, 3.63) is 28.5 Å². The highest BCUT2D eigenvalue weighted by molar-refractivity contribution is 9.10. The number of nitrogens with zero attached hydrogens (tertiary/aromatic N) is 1. The molecule has 0 unspecified atom stereocenters. The van der Waals surface area contributed by atoms with Crippen LogP contribution >= 0.6 is 15.9 Å². The highest BCUT2D eigenvalue weighted by atomic mass is 79.9. The van der Waals surface area contributed by atoms with Gasteiger partial charge in [-0.25, -0.2) is 9.78 Å². The average Bonchev–Trinajstić information content (AvgIpc) is 2.18. The second-order valence-electron chi connectivity index (χ2n) is 2.84. The number of unbranched alkanes of at least 4 members (excludes halogenated alkanes) is 1. The maximum atomic E-state index is 11.4. The van der Waals surface area contributed by atoms with Crippen LogP contribution in [0.3, 0.4) is 0 Å². The number of halogens is 1. The van der Waals surface area contributed by atoms with Crippen molar-refractivity contribution in [1.82, 2.24) is 4.98 Å². The Labute approximate surface area is 91.6 Å². The molecule has 0 amide bonds. The summed E-state index contributed by atoms with van der Waals surface area (Å²) in [6, 6.07) is 5.16. The first kappa shape index (κ1) is 11.2. The number of hydrogen-bond acceptors (Lipinski definition) is 3. The first-order chi connectivity index (χ1) is 6.74. The highest BCUT2D eigenvalue weighted by Gasteiger charge is 2.07. The Morgan fingerprint density at radius 1 is 1.57 bits per heavy atom. The van der Waals surface area contributed by atoms with Crippen LogP contribution in [0, 0.1) is 0 Å². The van der Waals surface area contributed by atoms with E-state index in [4.69, 9.17) is 4.74 Å². The van der Waals surface area contributed by atoms with Crippen molar-refractivity contribution in [3.8, 4) is 0 Å². The van der Waals surface area contributed by atoms with Crippen LogP contribution in [0.5, 0.6) is 0 Å². The molecule has 1 heterocycles. The fourth-order valence-corrected chi connectivity index (χ4v) is 1.25. The first-order valence-electron chi connectivity index (χ1n) is 4.53. The zero-order valence-corrected chi connectivity index (χ0v) is 9.58. The lowest BCUT2D eigenvalue weighted by Gasteiger charge is -2.02. The van der Waals surface area contributed by atoms with Crippen LogP contribution in [0.2, 0.25) is 0 Å². The molecule has 0 N–H and O–H groups in total. The minimum Gasteiger partial charge on any atom is -0.461 e. The molecular formula is C10H12BrNO2. The Kier molecular flexibility index (Phi) is 4.59.